The molecule has 1 aliphatic rings. The Labute approximate surface area is 96.2 Å². The lowest BCUT2D eigenvalue weighted by Crippen LogP contribution is -2.30. The van der Waals surface area contributed by atoms with Crippen molar-refractivity contribution in [3.63, 3.8) is 0 Å². The summed E-state index contributed by atoms with van der Waals surface area (Å²) in [5, 5.41) is 5.76. The lowest BCUT2D eigenvalue weighted by atomic mass is 10.1. The first-order valence-electron chi connectivity index (χ1n) is 5.77. The highest BCUT2D eigenvalue weighted by molar-refractivity contribution is 5.90. The van der Waals surface area contributed by atoms with Crippen molar-refractivity contribution in [1.82, 2.24) is 5.32 Å². The molecule has 2 amide bonds. The fourth-order valence-electron chi connectivity index (χ4n) is 1.68. The molecule has 2 N–H and O–H groups in total. The van der Waals surface area contributed by atoms with E-state index in [2.05, 4.69) is 16.7 Å². The fourth-order valence-corrected chi connectivity index (χ4v) is 1.68. The molecule has 0 unspecified atom stereocenters. The van der Waals surface area contributed by atoms with Crippen molar-refractivity contribution in [3.05, 3.63) is 29.3 Å². The Balaban J connectivity index is 1.89. The molecule has 86 valence electrons. The van der Waals surface area contributed by atoms with Gasteiger partial charge < -0.3 is 10.6 Å². The number of amides is 2. The first kappa shape index (κ1) is 11.0. The molecule has 0 saturated heterocycles. The number of anilines is 1. The van der Waals surface area contributed by atoms with Gasteiger partial charge in [-0.25, -0.2) is 4.79 Å². The van der Waals surface area contributed by atoms with E-state index in [1.165, 1.54) is 18.4 Å². The number of carbonyl (C=O) groups excluding carboxylic acids is 1. The predicted octanol–water partition coefficient (Wildman–Crippen LogP) is 2.83. The molecule has 2 rings (SSSR count). The van der Waals surface area contributed by atoms with Crippen LogP contribution in [0, 0.1) is 19.8 Å². The maximum Gasteiger partial charge on any atom is 0.319 e. The molecule has 1 saturated carbocycles. The van der Waals surface area contributed by atoms with Crippen LogP contribution in [0.25, 0.3) is 0 Å². The van der Waals surface area contributed by atoms with E-state index < -0.39 is 0 Å². The minimum absolute atomic E-state index is 0.0983. The summed E-state index contributed by atoms with van der Waals surface area (Å²) in [6.07, 6.45) is 2.51. The molecule has 0 heterocycles. The minimum Gasteiger partial charge on any atom is -0.338 e. The largest absolute Gasteiger partial charge is 0.338 e. The van der Waals surface area contributed by atoms with E-state index in [1.807, 2.05) is 26.0 Å². The molecular formula is C13H18N2O. The van der Waals surface area contributed by atoms with Crippen molar-refractivity contribution in [2.75, 3.05) is 11.9 Å². The van der Waals surface area contributed by atoms with E-state index in [0.717, 1.165) is 17.8 Å². The van der Waals surface area contributed by atoms with Gasteiger partial charge in [0.1, 0.15) is 0 Å². The van der Waals surface area contributed by atoms with Crippen LogP contribution in [0.5, 0.6) is 0 Å². The highest BCUT2D eigenvalue weighted by Gasteiger charge is 2.21. The molecule has 3 nitrogen and oxygen atoms in total. The second kappa shape index (κ2) is 4.56. The van der Waals surface area contributed by atoms with E-state index in [1.54, 1.807) is 0 Å². The van der Waals surface area contributed by atoms with Gasteiger partial charge >= 0.3 is 6.03 Å². The van der Waals surface area contributed by atoms with Crippen molar-refractivity contribution in [2.45, 2.75) is 26.7 Å². The van der Waals surface area contributed by atoms with Gasteiger partial charge in [0, 0.05) is 12.2 Å². The highest BCUT2D eigenvalue weighted by Crippen LogP contribution is 2.27. The molecule has 0 aliphatic heterocycles. The van der Waals surface area contributed by atoms with Crippen LogP contribution in [-0.2, 0) is 0 Å². The summed E-state index contributed by atoms with van der Waals surface area (Å²) in [6.45, 7) is 4.85. The Morgan fingerprint density at radius 1 is 1.38 bits per heavy atom. The zero-order valence-electron chi connectivity index (χ0n) is 9.84. The van der Waals surface area contributed by atoms with Crippen LogP contribution in [0.2, 0.25) is 0 Å². The number of hydrogen-bond acceptors (Lipinski definition) is 1. The number of urea groups is 1. The molecule has 0 bridgehead atoms. The Morgan fingerprint density at radius 3 is 2.75 bits per heavy atom. The van der Waals surface area contributed by atoms with Gasteiger partial charge in [-0.1, -0.05) is 17.7 Å². The molecule has 1 fully saturated rings. The van der Waals surface area contributed by atoms with Gasteiger partial charge in [0.25, 0.3) is 0 Å². The Bertz CT molecular complexity index is 397. The zero-order chi connectivity index (χ0) is 11.5. The van der Waals surface area contributed by atoms with Gasteiger partial charge in [0.15, 0.2) is 0 Å². The number of aryl methyl sites for hydroxylation is 2. The van der Waals surface area contributed by atoms with Crippen LogP contribution in [0.3, 0.4) is 0 Å². The van der Waals surface area contributed by atoms with Crippen molar-refractivity contribution >= 4 is 11.7 Å². The third-order valence-electron chi connectivity index (χ3n) is 2.88. The van der Waals surface area contributed by atoms with Gasteiger partial charge in [-0.2, -0.15) is 0 Å². The van der Waals surface area contributed by atoms with Crippen LogP contribution >= 0.6 is 0 Å². The Kier molecular flexibility index (Phi) is 3.13. The zero-order valence-corrected chi connectivity index (χ0v) is 9.84. The van der Waals surface area contributed by atoms with Gasteiger partial charge in [0.05, 0.1) is 0 Å². The molecule has 1 aromatic rings. The number of benzene rings is 1. The van der Waals surface area contributed by atoms with E-state index in [4.69, 9.17) is 0 Å². The van der Waals surface area contributed by atoms with E-state index in [0.29, 0.717) is 5.92 Å². The second-order valence-electron chi connectivity index (χ2n) is 4.60. The quantitative estimate of drug-likeness (QED) is 0.804. The highest BCUT2D eigenvalue weighted by atomic mass is 16.2. The maximum atomic E-state index is 11.6. The summed E-state index contributed by atoms with van der Waals surface area (Å²) < 4.78 is 0. The van der Waals surface area contributed by atoms with Gasteiger partial charge in [-0.3, -0.25) is 0 Å². The minimum atomic E-state index is -0.0983. The molecule has 1 aliphatic carbocycles. The standard InChI is InChI=1S/C13H18N2O/c1-9-3-6-12(10(2)7-9)15-13(16)14-8-11-4-5-11/h3,6-7,11H,4-5,8H2,1-2H3,(H2,14,15,16). The molecule has 0 spiro atoms. The number of rotatable bonds is 3. The lowest BCUT2D eigenvalue weighted by molar-refractivity contribution is 0.251. The molecule has 0 radical (unpaired) electrons. The van der Waals surface area contributed by atoms with Gasteiger partial charge in [-0.05, 0) is 44.2 Å². The topological polar surface area (TPSA) is 41.1 Å². The summed E-state index contributed by atoms with van der Waals surface area (Å²) in [6, 6.07) is 5.92. The first-order valence-corrected chi connectivity index (χ1v) is 5.77. The van der Waals surface area contributed by atoms with Gasteiger partial charge in [0.2, 0.25) is 0 Å². The smallest absolute Gasteiger partial charge is 0.319 e. The van der Waals surface area contributed by atoms with Crippen molar-refractivity contribution < 1.29 is 4.79 Å². The first-order chi connectivity index (χ1) is 7.65. The van der Waals surface area contributed by atoms with Crippen molar-refractivity contribution in [2.24, 2.45) is 5.92 Å². The molecule has 1 aromatic carbocycles. The van der Waals surface area contributed by atoms with E-state index in [-0.39, 0.29) is 6.03 Å². The number of nitrogens with one attached hydrogen (secondary N) is 2. The van der Waals surface area contributed by atoms with Crippen molar-refractivity contribution in [1.29, 1.82) is 0 Å². The summed E-state index contributed by atoms with van der Waals surface area (Å²) >= 11 is 0. The summed E-state index contributed by atoms with van der Waals surface area (Å²) in [4.78, 5) is 11.6. The molecular weight excluding hydrogens is 200 g/mol. The lowest BCUT2D eigenvalue weighted by Gasteiger charge is -2.10. The van der Waals surface area contributed by atoms with Crippen LogP contribution < -0.4 is 10.6 Å². The monoisotopic (exact) mass is 218 g/mol. The molecule has 0 aromatic heterocycles. The molecule has 0 atom stereocenters. The van der Waals surface area contributed by atoms with E-state index in [9.17, 15) is 4.79 Å². The fraction of sp³-hybridized carbons (Fsp3) is 0.462. The average Bonchev–Trinajstić information content (AvgIpc) is 3.03. The Morgan fingerprint density at radius 2 is 2.12 bits per heavy atom. The summed E-state index contributed by atoms with van der Waals surface area (Å²) in [5.41, 5.74) is 3.20. The second-order valence-corrected chi connectivity index (χ2v) is 4.60. The van der Waals surface area contributed by atoms with E-state index >= 15 is 0 Å². The third kappa shape index (κ3) is 2.99. The molecule has 3 heteroatoms. The summed E-state index contributed by atoms with van der Waals surface area (Å²) in [5.74, 6) is 0.713. The van der Waals surface area contributed by atoms with Gasteiger partial charge in [-0.15, -0.1) is 0 Å². The molecule has 16 heavy (non-hydrogen) atoms. The normalized spacial score (nSPS) is 14.6. The maximum absolute atomic E-state index is 11.6. The van der Waals surface area contributed by atoms with Crippen LogP contribution in [-0.4, -0.2) is 12.6 Å². The van der Waals surface area contributed by atoms with Crippen LogP contribution in [0.4, 0.5) is 10.5 Å². The van der Waals surface area contributed by atoms with Crippen LogP contribution in [0.1, 0.15) is 24.0 Å². The number of hydrogen-bond donors (Lipinski definition) is 2. The van der Waals surface area contributed by atoms with Crippen LogP contribution in [0.15, 0.2) is 18.2 Å². The average molecular weight is 218 g/mol. The summed E-state index contributed by atoms with van der Waals surface area (Å²) in [7, 11) is 0. The van der Waals surface area contributed by atoms with Crippen molar-refractivity contribution in [3.8, 4) is 0 Å². The third-order valence-corrected chi connectivity index (χ3v) is 2.88. The number of carbonyl (C=O) groups is 1. The predicted molar refractivity (Wildman–Crippen MR) is 65.7 cm³/mol. The SMILES string of the molecule is Cc1ccc(NC(=O)NCC2CC2)c(C)c1. The Hall–Kier alpha value is -1.51.